The van der Waals surface area contributed by atoms with E-state index in [4.69, 9.17) is 37.0 Å². The van der Waals surface area contributed by atoms with Gasteiger partial charge in [-0.05, 0) is 37.5 Å². The van der Waals surface area contributed by atoms with Gasteiger partial charge in [0.05, 0.1) is 26.4 Å². The molecule has 0 aliphatic rings. The first-order valence-corrected chi connectivity index (χ1v) is 45.5. The summed E-state index contributed by atoms with van der Waals surface area (Å²) in [7, 11) is -9.92. The Morgan fingerprint density at radius 1 is 0.267 bits per heavy atom. The molecule has 19 heteroatoms. The SMILES string of the molecule is CCCCCCCCCCCCCCCCCCCCCCCC(=O)O[C@H](COC(=O)CCCCCCCCCCCCCCCC(C)C)COP(=O)(O)OC[C@@H](O)COP(=O)(O)OC[C@@H](COC(=O)CCCCCCCCC(C)C)OC(=O)CCCCCCCCCCCCCCCCC. The molecule has 0 saturated carbocycles. The van der Waals surface area contributed by atoms with Crippen LogP contribution in [-0.2, 0) is 65.4 Å². The molecule has 0 bridgehead atoms. The minimum atomic E-state index is -4.96. The van der Waals surface area contributed by atoms with Gasteiger partial charge in [-0.15, -0.1) is 0 Å². The smallest absolute Gasteiger partial charge is 0.462 e. The summed E-state index contributed by atoms with van der Waals surface area (Å²) in [5.74, 6) is -0.639. The Kier molecular flexibility index (Phi) is 72.2. The topological polar surface area (TPSA) is 237 Å². The van der Waals surface area contributed by atoms with Crippen molar-refractivity contribution in [3.05, 3.63) is 0 Å². The van der Waals surface area contributed by atoms with Crippen molar-refractivity contribution in [3.63, 3.8) is 0 Å². The highest BCUT2D eigenvalue weighted by atomic mass is 31.2. The third-order valence-corrected chi connectivity index (χ3v) is 21.1. The number of rotatable bonds is 81. The third-order valence-electron chi connectivity index (χ3n) is 19.2. The van der Waals surface area contributed by atoms with E-state index in [9.17, 15) is 43.2 Å². The van der Waals surface area contributed by atoms with Crippen LogP contribution in [-0.4, -0.2) is 96.7 Å². The number of ether oxygens (including phenoxy) is 4. The van der Waals surface area contributed by atoms with E-state index < -0.39 is 97.5 Å². The molecule has 0 aromatic rings. The lowest BCUT2D eigenvalue weighted by atomic mass is 10.0. The van der Waals surface area contributed by atoms with Crippen LogP contribution in [0.3, 0.4) is 0 Å². The highest BCUT2D eigenvalue weighted by molar-refractivity contribution is 7.47. The fourth-order valence-corrected chi connectivity index (χ4v) is 14.3. The second kappa shape index (κ2) is 73.6. The second-order valence-electron chi connectivity index (χ2n) is 30.5. The first-order chi connectivity index (χ1) is 48.9. The summed E-state index contributed by atoms with van der Waals surface area (Å²) in [6.07, 6.45) is 64.1. The molecule has 0 radical (unpaired) electrons. The monoisotopic (exact) mass is 1480 g/mol. The van der Waals surface area contributed by atoms with Crippen molar-refractivity contribution >= 4 is 39.5 Å². The molecule has 0 fully saturated rings. The number of aliphatic hydroxyl groups is 1. The zero-order chi connectivity index (χ0) is 74.2. The fraction of sp³-hybridized carbons (Fsp3) is 0.951. The minimum absolute atomic E-state index is 0.107. The van der Waals surface area contributed by atoms with E-state index in [1.165, 1.54) is 244 Å². The van der Waals surface area contributed by atoms with Crippen LogP contribution < -0.4 is 0 Å². The largest absolute Gasteiger partial charge is 0.472 e. The predicted octanol–water partition coefficient (Wildman–Crippen LogP) is 24.7. The molecule has 600 valence electrons. The number of carbonyl (C=O) groups is 4. The molecule has 0 spiro atoms. The van der Waals surface area contributed by atoms with Gasteiger partial charge in [-0.2, -0.15) is 0 Å². The van der Waals surface area contributed by atoms with Gasteiger partial charge in [-0.1, -0.05) is 382 Å². The van der Waals surface area contributed by atoms with Crippen molar-refractivity contribution in [2.75, 3.05) is 39.6 Å². The number of unbranched alkanes of at least 4 members (excludes halogenated alkanes) is 51. The highest BCUT2D eigenvalue weighted by Crippen LogP contribution is 2.45. The Balaban J connectivity index is 5.21. The summed E-state index contributed by atoms with van der Waals surface area (Å²) in [4.78, 5) is 73.0. The van der Waals surface area contributed by atoms with Crippen molar-refractivity contribution in [1.82, 2.24) is 0 Å². The van der Waals surface area contributed by atoms with Crippen LogP contribution in [0.25, 0.3) is 0 Å². The Morgan fingerprint density at radius 2 is 0.455 bits per heavy atom. The van der Waals surface area contributed by atoms with Crippen molar-refractivity contribution in [1.29, 1.82) is 0 Å². The van der Waals surface area contributed by atoms with Crippen LogP contribution >= 0.6 is 15.6 Å². The molecule has 17 nitrogen and oxygen atoms in total. The lowest BCUT2D eigenvalue weighted by Gasteiger charge is -2.21. The van der Waals surface area contributed by atoms with E-state index in [-0.39, 0.29) is 25.7 Å². The van der Waals surface area contributed by atoms with E-state index in [1.807, 2.05) is 0 Å². The number of esters is 4. The number of phosphoric ester groups is 2. The molecule has 0 amide bonds. The molecule has 2 unspecified atom stereocenters. The number of aliphatic hydroxyl groups excluding tert-OH is 1. The van der Waals surface area contributed by atoms with E-state index in [2.05, 4.69) is 41.5 Å². The maximum Gasteiger partial charge on any atom is 0.472 e. The Labute approximate surface area is 619 Å². The van der Waals surface area contributed by atoms with Crippen LogP contribution in [0.15, 0.2) is 0 Å². The second-order valence-corrected chi connectivity index (χ2v) is 33.4. The molecule has 3 N–H and O–H groups in total. The lowest BCUT2D eigenvalue weighted by Crippen LogP contribution is -2.30. The highest BCUT2D eigenvalue weighted by Gasteiger charge is 2.30. The summed E-state index contributed by atoms with van der Waals surface area (Å²) in [6.45, 7) is 9.58. The minimum Gasteiger partial charge on any atom is -0.462 e. The molecule has 5 atom stereocenters. The Bertz CT molecular complexity index is 1940. The number of carbonyl (C=O) groups excluding carboxylic acids is 4. The average molecular weight is 1480 g/mol. The van der Waals surface area contributed by atoms with E-state index in [1.54, 1.807) is 0 Å². The van der Waals surface area contributed by atoms with Gasteiger partial charge in [0.25, 0.3) is 0 Å². The third kappa shape index (κ3) is 76.1. The van der Waals surface area contributed by atoms with Gasteiger partial charge in [-0.3, -0.25) is 37.3 Å². The van der Waals surface area contributed by atoms with Gasteiger partial charge < -0.3 is 33.8 Å². The van der Waals surface area contributed by atoms with Crippen molar-refractivity contribution in [3.8, 4) is 0 Å². The van der Waals surface area contributed by atoms with Crippen LogP contribution in [0.1, 0.15) is 433 Å². The Hall–Kier alpha value is -1.94. The Morgan fingerprint density at radius 3 is 0.673 bits per heavy atom. The van der Waals surface area contributed by atoms with Crippen molar-refractivity contribution < 1.29 is 80.2 Å². The summed E-state index contributed by atoms with van der Waals surface area (Å²) in [5, 5.41) is 10.6. The first-order valence-electron chi connectivity index (χ1n) is 42.5. The van der Waals surface area contributed by atoms with E-state index in [0.717, 1.165) is 102 Å². The standard InChI is InChI=1S/C82H160O17P2/c1-7-9-11-13-15-17-19-21-23-24-25-26-27-28-30-34-39-43-47-55-61-66-81(86)98-77(70-92-79(84)64-58-52-45-41-37-35-31-32-36-40-44-50-56-62-74(3)4)72-96-100(88,89)94-68-76(83)69-95-101(90,91)97-73-78(71-93-80(85)65-59-53-49-48-51-57-63-75(5)6)99-82(87)67-60-54-46-42-38-33-29-22-20-18-16-14-12-10-8-2/h74-78,83H,7-73H2,1-6H3,(H,88,89)(H,90,91)/t76-,77-,78-/m1/s1. The summed E-state index contributed by atoms with van der Waals surface area (Å²) in [5.41, 5.74) is 0. The van der Waals surface area contributed by atoms with Crippen LogP contribution in [0.4, 0.5) is 0 Å². The van der Waals surface area contributed by atoms with E-state index in [0.29, 0.717) is 31.6 Å². The molecule has 0 aliphatic heterocycles. The zero-order valence-corrected chi connectivity index (χ0v) is 68.0. The average Bonchev–Trinajstić information content (AvgIpc) is 1.00. The molecule has 0 heterocycles. The molecule has 0 aromatic carbocycles. The van der Waals surface area contributed by atoms with Crippen LogP contribution in [0.5, 0.6) is 0 Å². The summed E-state index contributed by atoms with van der Waals surface area (Å²) < 4.78 is 68.7. The first kappa shape index (κ1) is 99.1. The normalized spacial score (nSPS) is 13.9. The summed E-state index contributed by atoms with van der Waals surface area (Å²) >= 11 is 0. The van der Waals surface area contributed by atoms with E-state index >= 15 is 0 Å². The predicted molar refractivity (Wildman–Crippen MR) is 414 cm³/mol. The van der Waals surface area contributed by atoms with Crippen LogP contribution in [0, 0.1) is 11.8 Å². The van der Waals surface area contributed by atoms with Gasteiger partial charge in [0.2, 0.25) is 0 Å². The maximum atomic E-state index is 13.1. The number of hydrogen-bond donors (Lipinski definition) is 3. The number of phosphoric acid groups is 2. The lowest BCUT2D eigenvalue weighted by molar-refractivity contribution is -0.161. The van der Waals surface area contributed by atoms with Crippen molar-refractivity contribution in [2.45, 2.75) is 452 Å². The molecular weight excluding hydrogens is 1320 g/mol. The molecule has 0 saturated heterocycles. The van der Waals surface area contributed by atoms with Gasteiger partial charge in [-0.25, -0.2) is 9.13 Å². The molecule has 0 aliphatic carbocycles. The van der Waals surface area contributed by atoms with Gasteiger partial charge >= 0.3 is 39.5 Å². The van der Waals surface area contributed by atoms with Gasteiger partial charge in [0.1, 0.15) is 19.3 Å². The molecule has 101 heavy (non-hydrogen) atoms. The van der Waals surface area contributed by atoms with Crippen LogP contribution in [0.2, 0.25) is 0 Å². The quantitative estimate of drug-likeness (QED) is 0.0222. The van der Waals surface area contributed by atoms with Crippen molar-refractivity contribution in [2.24, 2.45) is 11.8 Å². The number of hydrogen-bond acceptors (Lipinski definition) is 15. The molecule has 0 rings (SSSR count). The molecular formula is C82H160O17P2. The fourth-order valence-electron chi connectivity index (χ4n) is 12.7. The maximum absolute atomic E-state index is 13.1. The van der Waals surface area contributed by atoms with Gasteiger partial charge in [0.15, 0.2) is 12.2 Å². The van der Waals surface area contributed by atoms with Gasteiger partial charge in [0, 0.05) is 25.7 Å². The summed E-state index contributed by atoms with van der Waals surface area (Å²) in [6, 6.07) is 0. The molecule has 0 aromatic heterocycles. The zero-order valence-electron chi connectivity index (χ0n) is 66.2.